The number of aliphatic hydroxyl groups excluding tert-OH is 1. The maximum atomic E-state index is 8.82. The van der Waals surface area contributed by atoms with Crippen molar-refractivity contribution in [1.82, 2.24) is 5.32 Å². The van der Waals surface area contributed by atoms with E-state index in [1.165, 1.54) is 11.1 Å². The third kappa shape index (κ3) is 5.34. The second-order valence-electron chi connectivity index (χ2n) is 4.56. The minimum Gasteiger partial charge on any atom is -0.497 e. The summed E-state index contributed by atoms with van der Waals surface area (Å²) in [5.74, 6) is 0.875. The lowest BCUT2D eigenvalue weighted by molar-refractivity contribution is 0.270. The minimum atomic E-state index is 0.232. The lowest BCUT2D eigenvalue weighted by Crippen LogP contribution is -2.28. The van der Waals surface area contributed by atoms with Gasteiger partial charge in [-0.05, 0) is 38.0 Å². The largest absolute Gasteiger partial charge is 0.497 e. The summed E-state index contributed by atoms with van der Waals surface area (Å²) in [6.07, 6.45) is 2.94. The zero-order valence-corrected chi connectivity index (χ0v) is 11.4. The number of methoxy groups -OCH3 is 1. The van der Waals surface area contributed by atoms with Gasteiger partial charge in [-0.15, -0.1) is 0 Å². The molecule has 0 spiro atoms. The fraction of sp³-hybridized carbons (Fsp3) is 0.467. The van der Waals surface area contributed by atoms with Gasteiger partial charge in [0.05, 0.1) is 7.11 Å². The minimum absolute atomic E-state index is 0.232. The first-order valence-corrected chi connectivity index (χ1v) is 6.31. The summed E-state index contributed by atoms with van der Waals surface area (Å²) in [7, 11) is 1.67. The van der Waals surface area contributed by atoms with Crippen LogP contribution in [0.15, 0.2) is 29.8 Å². The number of nitrogens with one attached hydrogen (secondary N) is 1. The molecular formula is C15H23NO2. The van der Waals surface area contributed by atoms with Crippen molar-refractivity contribution in [1.29, 1.82) is 0 Å². The molecule has 1 unspecified atom stereocenters. The summed E-state index contributed by atoms with van der Waals surface area (Å²) in [6, 6.07) is 8.34. The molecule has 1 atom stereocenters. The highest BCUT2D eigenvalue weighted by atomic mass is 16.5. The predicted molar refractivity (Wildman–Crippen MR) is 75.8 cm³/mol. The van der Waals surface area contributed by atoms with E-state index in [4.69, 9.17) is 9.84 Å². The molecule has 1 aromatic carbocycles. The van der Waals surface area contributed by atoms with E-state index >= 15 is 0 Å². The Bertz CT molecular complexity index is 371. The Morgan fingerprint density at radius 3 is 2.61 bits per heavy atom. The molecule has 100 valence electrons. The summed E-state index contributed by atoms with van der Waals surface area (Å²) in [5.41, 5.74) is 2.44. The molecular weight excluding hydrogens is 226 g/mol. The van der Waals surface area contributed by atoms with E-state index in [-0.39, 0.29) is 6.61 Å². The van der Waals surface area contributed by atoms with Gasteiger partial charge >= 0.3 is 0 Å². The summed E-state index contributed by atoms with van der Waals surface area (Å²) >= 11 is 0. The fourth-order valence-corrected chi connectivity index (χ4v) is 1.67. The highest BCUT2D eigenvalue weighted by Gasteiger charge is 2.00. The highest BCUT2D eigenvalue weighted by molar-refractivity contribution is 5.53. The molecule has 0 bridgehead atoms. The van der Waals surface area contributed by atoms with E-state index < -0.39 is 0 Å². The van der Waals surface area contributed by atoms with Crippen molar-refractivity contribution in [3.63, 3.8) is 0 Å². The van der Waals surface area contributed by atoms with Crippen molar-refractivity contribution in [3.8, 4) is 5.75 Å². The second kappa shape index (κ2) is 7.90. The molecule has 0 aliphatic carbocycles. The number of hydrogen-bond acceptors (Lipinski definition) is 3. The lowest BCUT2D eigenvalue weighted by atomic mass is 10.1. The number of benzene rings is 1. The monoisotopic (exact) mass is 249 g/mol. The van der Waals surface area contributed by atoms with Gasteiger partial charge < -0.3 is 15.2 Å². The molecule has 0 saturated heterocycles. The van der Waals surface area contributed by atoms with Gasteiger partial charge in [0, 0.05) is 19.2 Å². The van der Waals surface area contributed by atoms with Crippen molar-refractivity contribution in [3.05, 3.63) is 35.4 Å². The van der Waals surface area contributed by atoms with Gasteiger partial charge in [-0.25, -0.2) is 0 Å². The third-order valence-electron chi connectivity index (χ3n) is 2.82. The normalized spacial score (nSPS) is 13.4. The number of hydrogen-bond donors (Lipinski definition) is 2. The molecule has 2 N–H and O–H groups in total. The Balaban J connectivity index is 2.48. The first kappa shape index (κ1) is 14.7. The Morgan fingerprint density at radius 2 is 2.06 bits per heavy atom. The Labute approximate surface area is 109 Å². The molecule has 1 rings (SSSR count). The van der Waals surface area contributed by atoms with Crippen LogP contribution in [0.2, 0.25) is 0 Å². The Kier molecular flexibility index (Phi) is 6.47. The number of ether oxygens (including phenoxy) is 1. The second-order valence-corrected chi connectivity index (χ2v) is 4.56. The van der Waals surface area contributed by atoms with Crippen molar-refractivity contribution >= 4 is 6.08 Å². The van der Waals surface area contributed by atoms with Crippen LogP contribution in [0.4, 0.5) is 0 Å². The van der Waals surface area contributed by atoms with E-state index in [9.17, 15) is 0 Å². The molecule has 3 heteroatoms. The number of rotatable bonds is 7. The van der Waals surface area contributed by atoms with Crippen LogP contribution in [-0.4, -0.2) is 31.4 Å². The van der Waals surface area contributed by atoms with E-state index in [0.29, 0.717) is 6.04 Å². The maximum Gasteiger partial charge on any atom is 0.118 e. The summed E-state index contributed by atoms with van der Waals surface area (Å²) in [5, 5.41) is 12.2. The molecule has 0 aromatic heterocycles. The zero-order valence-electron chi connectivity index (χ0n) is 11.4. The molecule has 1 aromatic rings. The summed E-state index contributed by atoms with van der Waals surface area (Å²) in [4.78, 5) is 0. The summed E-state index contributed by atoms with van der Waals surface area (Å²) < 4.78 is 5.12. The molecule has 0 fully saturated rings. The molecule has 0 amide bonds. The Hall–Kier alpha value is -1.32. The maximum absolute atomic E-state index is 8.82. The van der Waals surface area contributed by atoms with Crippen LogP contribution in [-0.2, 0) is 0 Å². The standard InChI is InChI=1S/C15H23NO2/c1-12(11-16-13(2)8-9-17)10-14-4-6-15(18-3)7-5-14/h4-7,10,13,16-17H,8-9,11H2,1-3H3/b12-10-. The average molecular weight is 249 g/mol. The molecule has 0 radical (unpaired) electrons. The van der Waals surface area contributed by atoms with Crippen molar-refractivity contribution in [2.24, 2.45) is 0 Å². The first-order chi connectivity index (χ1) is 8.65. The predicted octanol–water partition coefficient (Wildman–Crippen LogP) is 2.46. The van der Waals surface area contributed by atoms with Crippen LogP contribution < -0.4 is 10.1 Å². The van der Waals surface area contributed by atoms with E-state index in [0.717, 1.165) is 18.7 Å². The van der Waals surface area contributed by atoms with Crippen LogP contribution in [0, 0.1) is 0 Å². The third-order valence-corrected chi connectivity index (χ3v) is 2.82. The van der Waals surface area contributed by atoms with E-state index in [1.807, 2.05) is 24.3 Å². The molecule has 18 heavy (non-hydrogen) atoms. The van der Waals surface area contributed by atoms with Gasteiger partial charge in [-0.2, -0.15) is 0 Å². The molecule has 0 aliphatic rings. The van der Waals surface area contributed by atoms with Gasteiger partial charge in [0.1, 0.15) is 5.75 Å². The van der Waals surface area contributed by atoms with Crippen molar-refractivity contribution in [2.75, 3.05) is 20.3 Å². The molecule has 0 aliphatic heterocycles. The van der Waals surface area contributed by atoms with Crippen LogP contribution >= 0.6 is 0 Å². The van der Waals surface area contributed by atoms with Crippen molar-refractivity contribution in [2.45, 2.75) is 26.3 Å². The van der Waals surface area contributed by atoms with E-state index in [2.05, 4.69) is 25.2 Å². The smallest absolute Gasteiger partial charge is 0.118 e. The van der Waals surface area contributed by atoms with Gasteiger partial charge in [0.2, 0.25) is 0 Å². The first-order valence-electron chi connectivity index (χ1n) is 6.31. The zero-order chi connectivity index (χ0) is 13.4. The molecule has 0 heterocycles. The Morgan fingerprint density at radius 1 is 1.39 bits per heavy atom. The average Bonchev–Trinajstić information content (AvgIpc) is 2.38. The van der Waals surface area contributed by atoms with Crippen LogP contribution in [0.5, 0.6) is 5.75 Å². The van der Waals surface area contributed by atoms with Gasteiger partial charge in [0.15, 0.2) is 0 Å². The molecule has 3 nitrogen and oxygen atoms in total. The van der Waals surface area contributed by atoms with Gasteiger partial charge in [-0.1, -0.05) is 23.8 Å². The van der Waals surface area contributed by atoms with Gasteiger partial charge in [-0.3, -0.25) is 0 Å². The highest BCUT2D eigenvalue weighted by Crippen LogP contribution is 2.13. The van der Waals surface area contributed by atoms with Crippen LogP contribution in [0.3, 0.4) is 0 Å². The van der Waals surface area contributed by atoms with Gasteiger partial charge in [0.25, 0.3) is 0 Å². The van der Waals surface area contributed by atoms with Crippen LogP contribution in [0.25, 0.3) is 6.08 Å². The lowest BCUT2D eigenvalue weighted by Gasteiger charge is -2.12. The quantitative estimate of drug-likeness (QED) is 0.780. The fourth-order valence-electron chi connectivity index (χ4n) is 1.67. The van der Waals surface area contributed by atoms with Crippen LogP contribution in [0.1, 0.15) is 25.8 Å². The van der Waals surface area contributed by atoms with Crippen molar-refractivity contribution < 1.29 is 9.84 Å². The molecule has 0 saturated carbocycles. The van der Waals surface area contributed by atoms with E-state index in [1.54, 1.807) is 7.11 Å². The SMILES string of the molecule is COc1ccc(/C=C(/C)CNC(C)CCO)cc1. The summed E-state index contributed by atoms with van der Waals surface area (Å²) in [6.45, 7) is 5.25. The number of aliphatic hydroxyl groups is 1. The topological polar surface area (TPSA) is 41.5 Å².